The molecule has 1 aromatic carbocycles. The van der Waals surface area contributed by atoms with Crippen LogP contribution in [0.5, 0.6) is 0 Å². The Bertz CT molecular complexity index is 768. The molecule has 2 aliphatic rings. The van der Waals surface area contributed by atoms with E-state index >= 15 is 0 Å². The smallest absolute Gasteiger partial charge is 0.217 e. The molecular formula is C15H18N4O2S. The number of hydrogen-bond donors (Lipinski definition) is 0. The van der Waals surface area contributed by atoms with Gasteiger partial charge >= 0.3 is 0 Å². The molecule has 1 aromatic heterocycles. The summed E-state index contributed by atoms with van der Waals surface area (Å²) < 4.78 is 28.0. The van der Waals surface area contributed by atoms with Crippen molar-refractivity contribution in [3.8, 4) is 11.3 Å². The van der Waals surface area contributed by atoms with Gasteiger partial charge in [-0.2, -0.15) is 4.31 Å². The van der Waals surface area contributed by atoms with E-state index in [1.54, 1.807) is 4.31 Å². The predicted octanol–water partition coefficient (Wildman–Crippen LogP) is 1.68. The first-order valence-corrected chi connectivity index (χ1v) is 9.11. The van der Waals surface area contributed by atoms with Crippen LogP contribution in [0.2, 0.25) is 0 Å². The molecule has 1 saturated carbocycles. The van der Waals surface area contributed by atoms with Crippen LogP contribution < -0.4 is 0 Å². The molecule has 2 aromatic rings. The van der Waals surface area contributed by atoms with Crippen molar-refractivity contribution in [1.82, 2.24) is 19.3 Å². The first kappa shape index (κ1) is 13.9. The lowest BCUT2D eigenvalue weighted by molar-refractivity contribution is 0.428. The zero-order chi connectivity index (χ0) is 15.2. The maximum Gasteiger partial charge on any atom is 0.217 e. The minimum absolute atomic E-state index is 0.0819. The highest BCUT2D eigenvalue weighted by Crippen LogP contribution is 2.34. The molecule has 22 heavy (non-hydrogen) atoms. The fourth-order valence-corrected chi connectivity index (χ4v) is 4.82. The highest BCUT2D eigenvalue weighted by Gasteiger charge is 2.43. The minimum Gasteiger partial charge on any atom is -0.247 e. The lowest BCUT2D eigenvalue weighted by Gasteiger charge is -2.15. The zero-order valence-electron chi connectivity index (χ0n) is 12.2. The summed E-state index contributed by atoms with van der Waals surface area (Å²) in [6.07, 6.45) is 4.33. The van der Waals surface area contributed by atoms with Crippen molar-refractivity contribution < 1.29 is 8.42 Å². The number of rotatable bonds is 4. The Morgan fingerprint density at radius 1 is 1.09 bits per heavy atom. The Kier molecular flexibility index (Phi) is 3.27. The largest absolute Gasteiger partial charge is 0.247 e. The standard InChI is InChI=1S/C15H18N4O2S/c20-22(21,14-6-7-14)18-9-8-13(10-18)19-11-15(16-17-19)12-4-2-1-3-5-12/h1-5,11,13-14H,6-10H2/t13-/m0/s1. The van der Waals surface area contributed by atoms with Gasteiger partial charge in [0.05, 0.1) is 17.5 Å². The molecule has 1 aliphatic heterocycles. The molecule has 4 rings (SSSR count). The van der Waals surface area contributed by atoms with Crippen LogP contribution in [0.1, 0.15) is 25.3 Å². The molecule has 0 amide bonds. The summed E-state index contributed by atoms with van der Waals surface area (Å²) in [5, 5.41) is 8.27. The Morgan fingerprint density at radius 3 is 2.59 bits per heavy atom. The molecule has 1 atom stereocenters. The van der Waals surface area contributed by atoms with E-state index in [1.807, 2.05) is 41.2 Å². The highest BCUT2D eigenvalue weighted by atomic mass is 32.2. The van der Waals surface area contributed by atoms with Crippen LogP contribution in [-0.4, -0.2) is 46.1 Å². The molecule has 0 radical (unpaired) electrons. The van der Waals surface area contributed by atoms with E-state index in [1.165, 1.54) is 0 Å². The molecule has 7 heteroatoms. The topological polar surface area (TPSA) is 68.1 Å². The van der Waals surface area contributed by atoms with Crippen molar-refractivity contribution in [2.45, 2.75) is 30.6 Å². The van der Waals surface area contributed by atoms with Gasteiger partial charge in [0.1, 0.15) is 5.69 Å². The minimum atomic E-state index is -3.08. The molecule has 0 N–H and O–H groups in total. The van der Waals surface area contributed by atoms with Crippen molar-refractivity contribution in [1.29, 1.82) is 0 Å². The molecule has 116 valence electrons. The number of aromatic nitrogens is 3. The van der Waals surface area contributed by atoms with Gasteiger partial charge in [-0.05, 0) is 19.3 Å². The van der Waals surface area contributed by atoms with E-state index in [0.29, 0.717) is 13.1 Å². The summed E-state index contributed by atoms with van der Waals surface area (Å²) in [5.74, 6) is 0. The van der Waals surface area contributed by atoms with Crippen molar-refractivity contribution in [2.24, 2.45) is 0 Å². The third-order valence-electron chi connectivity index (χ3n) is 4.39. The molecule has 2 heterocycles. The molecule has 0 spiro atoms. The van der Waals surface area contributed by atoms with Gasteiger partial charge in [0.25, 0.3) is 0 Å². The van der Waals surface area contributed by atoms with Crippen LogP contribution in [0.25, 0.3) is 11.3 Å². The van der Waals surface area contributed by atoms with Crippen molar-refractivity contribution in [3.63, 3.8) is 0 Å². The second kappa shape index (κ2) is 5.17. The van der Waals surface area contributed by atoms with E-state index in [-0.39, 0.29) is 11.3 Å². The van der Waals surface area contributed by atoms with Crippen LogP contribution in [0, 0.1) is 0 Å². The van der Waals surface area contributed by atoms with Gasteiger partial charge in [0, 0.05) is 18.7 Å². The molecule has 1 saturated heterocycles. The van der Waals surface area contributed by atoms with Gasteiger partial charge in [-0.3, -0.25) is 0 Å². The average Bonchev–Trinajstić information content (AvgIpc) is 3.09. The highest BCUT2D eigenvalue weighted by molar-refractivity contribution is 7.90. The Balaban J connectivity index is 1.51. The summed E-state index contributed by atoms with van der Waals surface area (Å²) in [6, 6.07) is 9.96. The van der Waals surface area contributed by atoms with Crippen LogP contribution >= 0.6 is 0 Å². The summed E-state index contributed by atoms with van der Waals surface area (Å²) in [6.45, 7) is 1.10. The molecule has 2 fully saturated rings. The summed E-state index contributed by atoms with van der Waals surface area (Å²) in [4.78, 5) is 0. The van der Waals surface area contributed by atoms with Gasteiger partial charge in [0.15, 0.2) is 0 Å². The third kappa shape index (κ3) is 2.44. The van der Waals surface area contributed by atoms with E-state index in [9.17, 15) is 8.42 Å². The van der Waals surface area contributed by atoms with Gasteiger partial charge in [-0.25, -0.2) is 13.1 Å². The lowest BCUT2D eigenvalue weighted by atomic mass is 10.2. The van der Waals surface area contributed by atoms with Crippen molar-refractivity contribution in [3.05, 3.63) is 36.5 Å². The fraction of sp³-hybridized carbons (Fsp3) is 0.467. The van der Waals surface area contributed by atoms with Gasteiger partial charge in [-0.1, -0.05) is 35.5 Å². The summed E-state index contributed by atoms with van der Waals surface area (Å²) >= 11 is 0. The maximum atomic E-state index is 12.3. The Labute approximate surface area is 129 Å². The first-order valence-electron chi connectivity index (χ1n) is 7.61. The number of sulfonamides is 1. The molecule has 6 nitrogen and oxygen atoms in total. The van der Waals surface area contributed by atoms with Crippen molar-refractivity contribution in [2.75, 3.05) is 13.1 Å². The van der Waals surface area contributed by atoms with E-state index < -0.39 is 10.0 Å². The molecule has 0 bridgehead atoms. The van der Waals surface area contributed by atoms with Crippen molar-refractivity contribution >= 4 is 10.0 Å². The van der Waals surface area contributed by atoms with Crippen LogP contribution in [0.15, 0.2) is 36.5 Å². The Hall–Kier alpha value is -1.73. The maximum absolute atomic E-state index is 12.3. The number of benzene rings is 1. The van der Waals surface area contributed by atoms with Gasteiger partial charge < -0.3 is 0 Å². The normalized spacial score (nSPS) is 23.0. The summed E-state index contributed by atoms with van der Waals surface area (Å²) in [5.41, 5.74) is 1.85. The van der Waals surface area contributed by atoms with Crippen LogP contribution in [-0.2, 0) is 10.0 Å². The first-order chi connectivity index (χ1) is 10.6. The van der Waals surface area contributed by atoms with Crippen LogP contribution in [0.4, 0.5) is 0 Å². The average molecular weight is 318 g/mol. The second-order valence-corrected chi connectivity index (χ2v) is 8.21. The van der Waals surface area contributed by atoms with Crippen LogP contribution in [0.3, 0.4) is 0 Å². The third-order valence-corrected chi connectivity index (χ3v) is 6.75. The fourth-order valence-electron chi connectivity index (χ4n) is 2.93. The monoisotopic (exact) mass is 318 g/mol. The number of hydrogen-bond acceptors (Lipinski definition) is 4. The van der Waals surface area contributed by atoms with Gasteiger partial charge in [-0.15, -0.1) is 5.10 Å². The molecule has 1 aliphatic carbocycles. The van der Waals surface area contributed by atoms with Gasteiger partial charge in [0.2, 0.25) is 10.0 Å². The van der Waals surface area contributed by atoms with E-state index in [0.717, 1.165) is 30.5 Å². The summed E-state index contributed by atoms with van der Waals surface area (Å²) in [7, 11) is -3.08. The predicted molar refractivity (Wildman–Crippen MR) is 82.6 cm³/mol. The van der Waals surface area contributed by atoms with E-state index in [4.69, 9.17) is 0 Å². The zero-order valence-corrected chi connectivity index (χ0v) is 13.0. The number of nitrogens with zero attached hydrogens (tertiary/aromatic N) is 4. The molecular weight excluding hydrogens is 300 g/mol. The Morgan fingerprint density at radius 2 is 1.86 bits per heavy atom. The lowest BCUT2D eigenvalue weighted by Crippen LogP contribution is -2.32. The SMILES string of the molecule is O=S(=O)(C1CC1)N1CC[C@H](n2cc(-c3ccccc3)nn2)C1. The quantitative estimate of drug-likeness (QED) is 0.860. The second-order valence-electron chi connectivity index (χ2n) is 5.99. The van der Waals surface area contributed by atoms with E-state index in [2.05, 4.69) is 10.3 Å². The molecule has 0 unspecified atom stereocenters.